The zero-order valence-corrected chi connectivity index (χ0v) is 15.0. The van der Waals surface area contributed by atoms with Gasteiger partial charge in [-0.2, -0.15) is 0 Å². The predicted octanol–water partition coefficient (Wildman–Crippen LogP) is 2.62. The highest BCUT2D eigenvalue weighted by atomic mass is 16.6. The number of ether oxygens (including phenoxy) is 2. The number of morpholine rings is 1. The number of anilines is 1. The number of nitrogens with zero attached hydrogens (tertiary/aromatic N) is 2. The van der Waals surface area contributed by atoms with Gasteiger partial charge in [-0.1, -0.05) is 12.1 Å². The quantitative estimate of drug-likeness (QED) is 0.620. The Balaban J connectivity index is 1.87. The van der Waals surface area contributed by atoms with Gasteiger partial charge in [-0.05, 0) is 29.8 Å². The number of hydrogen-bond donors (Lipinski definition) is 1. The van der Waals surface area contributed by atoms with E-state index in [4.69, 9.17) is 9.47 Å². The Labute approximate surface area is 156 Å². The molecule has 8 heteroatoms. The number of methoxy groups -OCH3 is 1. The number of carbonyl (C=O) groups excluding carboxylic acids is 1. The summed E-state index contributed by atoms with van der Waals surface area (Å²) < 4.78 is 10.5. The summed E-state index contributed by atoms with van der Waals surface area (Å²) in [4.78, 5) is 25.7. The minimum Gasteiger partial charge on any atom is -0.497 e. The zero-order chi connectivity index (χ0) is 19.2. The van der Waals surface area contributed by atoms with Crippen LogP contribution in [0, 0.1) is 10.1 Å². The van der Waals surface area contributed by atoms with Crippen LogP contribution in [0.4, 0.5) is 11.4 Å². The lowest BCUT2D eigenvalue weighted by Crippen LogP contribution is -2.43. The van der Waals surface area contributed by atoms with Crippen molar-refractivity contribution in [2.45, 2.75) is 6.04 Å². The second-order valence-electron chi connectivity index (χ2n) is 6.12. The zero-order valence-electron chi connectivity index (χ0n) is 15.0. The molecule has 1 fully saturated rings. The highest BCUT2D eigenvalue weighted by molar-refractivity contribution is 5.95. The largest absolute Gasteiger partial charge is 0.497 e. The van der Waals surface area contributed by atoms with E-state index in [1.807, 2.05) is 4.90 Å². The van der Waals surface area contributed by atoms with Crippen molar-refractivity contribution in [1.29, 1.82) is 0 Å². The second-order valence-corrected chi connectivity index (χ2v) is 6.12. The van der Waals surface area contributed by atoms with E-state index >= 15 is 0 Å². The first-order chi connectivity index (χ1) is 13.1. The lowest BCUT2D eigenvalue weighted by Gasteiger charge is -2.33. The van der Waals surface area contributed by atoms with E-state index in [0.29, 0.717) is 43.3 Å². The van der Waals surface area contributed by atoms with Crippen molar-refractivity contribution in [3.63, 3.8) is 0 Å². The molecule has 0 aromatic heterocycles. The minimum atomic E-state index is -0.643. The Kier molecular flexibility index (Phi) is 6.00. The van der Waals surface area contributed by atoms with Crippen LogP contribution in [0.1, 0.15) is 11.6 Å². The smallest absolute Gasteiger partial charge is 0.269 e. The molecule has 0 spiro atoms. The van der Waals surface area contributed by atoms with E-state index in [-0.39, 0.29) is 11.6 Å². The van der Waals surface area contributed by atoms with Gasteiger partial charge in [0.25, 0.3) is 5.69 Å². The van der Waals surface area contributed by atoms with Crippen molar-refractivity contribution in [3.05, 3.63) is 64.2 Å². The van der Waals surface area contributed by atoms with Crippen LogP contribution in [0.15, 0.2) is 48.5 Å². The Morgan fingerprint density at radius 1 is 1.22 bits per heavy atom. The molecular formula is C19H21N3O5. The normalized spacial score (nSPS) is 15.7. The van der Waals surface area contributed by atoms with Crippen molar-refractivity contribution < 1.29 is 19.2 Å². The summed E-state index contributed by atoms with van der Waals surface area (Å²) in [5.41, 5.74) is 1.17. The molecule has 1 N–H and O–H groups in total. The first-order valence-electron chi connectivity index (χ1n) is 8.59. The summed E-state index contributed by atoms with van der Waals surface area (Å²) in [6.07, 6.45) is 0. The van der Waals surface area contributed by atoms with Crippen LogP contribution < -0.4 is 10.1 Å². The van der Waals surface area contributed by atoms with E-state index in [9.17, 15) is 14.9 Å². The highest BCUT2D eigenvalue weighted by Gasteiger charge is 2.30. The number of hydrogen-bond acceptors (Lipinski definition) is 6. The monoisotopic (exact) mass is 371 g/mol. The molecule has 0 aliphatic carbocycles. The molecule has 1 atom stereocenters. The molecule has 1 aliphatic rings. The second kappa shape index (κ2) is 8.61. The maximum atomic E-state index is 13.1. The number of carbonyl (C=O) groups is 1. The molecule has 0 bridgehead atoms. The molecule has 2 aromatic rings. The third-order valence-electron chi connectivity index (χ3n) is 4.41. The molecule has 1 saturated heterocycles. The fraction of sp³-hybridized carbons (Fsp3) is 0.316. The molecule has 27 heavy (non-hydrogen) atoms. The maximum Gasteiger partial charge on any atom is 0.269 e. The lowest BCUT2D eigenvalue weighted by atomic mass is 10.0. The molecule has 2 aromatic carbocycles. The number of benzene rings is 2. The molecule has 3 rings (SSSR count). The van der Waals surface area contributed by atoms with Crippen LogP contribution in [-0.4, -0.2) is 49.1 Å². The van der Waals surface area contributed by atoms with Crippen LogP contribution in [0.3, 0.4) is 0 Å². The average Bonchev–Trinajstić information content (AvgIpc) is 2.70. The molecule has 0 saturated carbocycles. The van der Waals surface area contributed by atoms with E-state index in [2.05, 4.69) is 5.32 Å². The fourth-order valence-corrected chi connectivity index (χ4v) is 3.06. The van der Waals surface area contributed by atoms with Gasteiger partial charge in [0.1, 0.15) is 11.8 Å². The van der Waals surface area contributed by atoms with Crippen LogP contribution >= 0.6 is 0 Å². The minimum absolute atomic E-state index is 0.0389. The number of amides is 1. The summed E-state index contributed by atoms with van der Waals surface area (Å²) in [5, 5.41) is 14.0. The average molecular weight is 371 g/mol. The van der Waals surface area contributed by atoms with Gasteiger partial charge in [0.15, 0.2) is 0 Å². The maximum absolute atomic E-state index is 13.1. The van der Waals surface area contributed by atoms with Crippen molar-refractivity contribution in [2.75, 3.05) is 38.7 Å². The van der Waals surface area contributed by atoms with Gasteiger partial charge in [0, 0.05) is 30.9 Å². The molecule has 1 aliphatic heterocycles. The van der Waals surface area contributed by atoms with Crippen molar-refractivity contribution >= 4 is 17.3 Å². The number of non-ortho nitro benzene ring substituents is 1. The predicted molar refractivity (Wildman–Crippen MR) is 99.9 cm³/mol. The van der Waals surface area contributed by atoms with Gasteiger partial charge >= 0.3 is 0 Å². The van der Waals surface area contributed by atoms with E-state index < -0.39 is 11.0 Å². The first kappa shape index (κ1) is 18.8. The summed E-state index contributed by atoms with van der Waals surface area (Å²) in [7, 11) is 1.57. The third kappa shape index (κ3) is 4.60. The van der Waals surface area contributed by atoms with Crippen LogP contribution in [0.5, 0.6) is 5.75 Å². The summed E-state index contributed by atoms with van der Waals surface area (Å²) in [6.45, 7) is 2.18. The van der Waals surface area contributed by atoms with Crippen LogP contribution in [0.25, 0.3) is 0 Å². The topological polar surface area (TPSA) is 93.9 Å². The standard InChI is InChI=1S/C19H21N3O5/c1-26-17-7-5-15(6-8-17)20-19(23)18(21-9-11-27-12-10-21)14-3-2-4-16(13-14)22(24)25/h2-8,13,18H,9-12H2,1H3,(H,20,23)/t18-/m0/s1. The molecule has 1 amide bonds. The van der Waals surface area contributed by atoms with Crippen LogP contribution in [-0.2, 0) is 9.53 Å². The Hall–Kier alpha value is -2.97. The van der Waals surface area contributed by atoms with Crippen LogP contribution in [0.2, 0.25) is 0 Å². The number of nitro benzene ring substituents is 1. The number of nitro groups is 1. The fourth-order valence-electron chi connectivity index (χ4n) is 3.06. The Morgan fingerprint density at radius 2 is 1.93 bits per heavy atom. The molecule has 0 unspecified atom stereocenters. The van der Waals surface area contributed by atoms with Crippen molar-refractivity contribution in [3.8, 4) is 5.75 Å². The van der Waals surface area contributed by atoms with E-state index in [1.54, 1.807) is 43.5 Å². The number of rotatable bonds is 6. The first-order valence-corrected chi connectivity index (χ1v) is 8.59. The van der Waals surface area contributed by atoms with Gasteiger partial charge in [0.05, 0.1) is 25.2 Å². The SMILES string of the molecule is COc1ccc(NC(=O)[C@H](c2cccc([N+](=O)[O-])c2)N2CCOCC2)cc1. The highest BCUT2D eigenvalue weighted by Crippen LogP contribution is 2.27. The van der Waals surface area contributed by atoms with Gasteiger partial charge in [0.2, 0.25) is 5.91 Å². The van der Waals surface area contributed by atoms with Gasteiger partial charge < -0.3 is 14.8 Å². The number of nitrogens with one attached hydrogen (secondary N) is 1. The molecule has 0 radical (unpaired) electrons. The van der Waals surface area contributed by atoms with E-state index in [0.717, 1.165) is 0 Å². The molecule has 142 valence electrons. The lowest BCUT2D eigenvalue weighted by molar-refractivity contribution is -0.384. The van der Waals surface area contributed by atoms with Crippen molar-refractivity contribution in [2.24, 2.45) is 0 Å². The van der Waals surface area contributed by atoms with Gasteiger partial charge in [-0.25, -0.2) is 0 Å². The summed E-state index contributed by atoms with van der Waals surface area (Å²) in [6, 6.07) is 12.6. The van der Waals surface area contributed by atoms with Gasteiger partial charge in [-0.15, -0.1) is 0 Å². The van der Waals surface area contributed by atoms with E-state index in [1.165, 1.54) is 12.1 Å². The summed E-state index contributed by atoms with van der Waals surface area (Å²) >= 11 is 0. The third-order valence-corrected chi connectivity index (χ3v) is 4.41. The summed E-state index contributed by atoms with van der Waals surface area (Å²) in [5.74, 6) is 0.443. The Bertz CT molecular complexity index is 803. The Morgan fingerprint density at radius 3 is 2.56 bits per heavy atom. The van der Waals surface area contributed by atoms with Gasteiger partial charge in [-0.3, -0.25) is 19.8 Å². The molecule has 1 heterocycles. The van der Waals surface area contributed by atoms with Crippen molar-refractivity contribution in [1.82, 2.24) is 4.90 Å². The molecular weight excluding hydrogens is 350 g/mol. The molecule has 8 nitrogen and oxygen atoms in total.